The molecule has 4 heterocycles. The van der Waals surface area contributed by atoms with Crippen LogP contribution in [0.1, 0.15) is 35.2 Å². The molecule has 208 valence electrons. The second kappa shape index (κ2) is 12.4. The molecular formula is C30H26ClN5O3S2. The van der Waals surface area contributed by atoms with Crippen molar-refractivity contribution in [2.75, 3.05) is 26.0 Å². The van der Waals surface area contributed by atoms with Gasteiger partial charge >= 0.3 is 5.97 Å². The molecule has 0 amide bonds. The van der Waals surface area contributed by atoms with Crippen LogP contribution in [0.4, 0.5) is 0 Å². The first-order valence-electron chi connectivity index (χ1n) is 12.9. The first kappa shape index (κ1) is 28.7. The van der Waals surface area contributed by atoms with Crippen LogP contribution < -0.4 is 5.73 Å². The Morgan fingerprint density at radius 3 is 2.78 bits per heavy atom. The number of pyridine rings is 1. The van der Waals surface area contributed by atoms with Crippen molar-refractivity contribution in [2.24, 2.45) is 5.73 Å². The topological polar surface area (TPSA) is 125 Å². The van der Waals surface area contributed by atoms with Gasteiger partial charge < -0.3 is 20.1 Å². The van der Waals surface area contributed by atoms with Crippen LogP contribution in [0.2, 0.25) is 5.02 Å². The fourth-order valence-corrected chi connectivity index (χ4v) is 7.08. The Morgan fingerprint density at radius 2 is 2.10 bits per heavy atom. The van der Waals surface area contributed by atoms with E-state index < -0.39 is 11.9 Å². The van der Waals surface area contributed by atoms with Gasteiger partial charge in [-0.25, -0.2) is 9.78 Å². The van der Waals surface area contributed by atoms with Gasteiger partial charge in [0.05, 0.1) is 29.4 Å². The first-order valence-corrected chi connectivity index (χ1v) is 15.1. The largest absolute Gasteiger partial charge is 0.463 e. The predicted molar refractivity (Wildman–Crippen MR) is 159 cm³/mol. The Bertz CT molecular complexity index is 1650. The van der Waals surface area contributed by atoms with Crippen molar-refractivity contribution < 1.29 is 14.3 Å². The molecule has 0 radical (unpaired) electrons. The molecule has 0 unspecified atom stereocenters. The molecule has 0 saturated carbocycles. The molecule has 0 spiro atoms. The third-order valence-corrected chi connectivity index (χ3v) is 9.14. The highest BCUT2D eigenvalue weighted by Gasteiger charge is 2.39. The number of nitrogens with two attached hydrogens (primary N) is 1. The van der Waals surface area contributed by atoms with Gasteiger partial charge in [0, 0.05) is 40.7 Å². The Labute approximate surface area is 251 Å². The van der Waals surface area contributed by atoms with Gasteiger partial charge in [-0.3, -0.25) is 0 Å². The number of thiophene rings is 1. The van der Waals surface area contributed by atoms with Gasteiger partial charge in [-0.1, -0.05) is 47.6 Å². The second-order valence-corrected chi connectivity index (χ2v) is 11.8. The normalized spacial score (nSPS) is 17.0. The Balaban J connectivity index is 1.62. The number of nitriles is 2. The molecular weight excluding hydrogens is 578 g/mol. The lowest BCUT2D eigenvalue weighted by Crippen LogP contribution is -2.28. The number of rotatable bonds is 7. The summed E-state index contributed by atoms with van der Waals surface area (Å²) in [5, 5.41) is 23.2. The quantitative estimate of drug-likeness (QED) is 0.266. The lowest BCUT2D eigenvalue weighted by atomic mass is 9.83. The molecule has 11 heteroatoms. The molecule has 0 bridgehead atoms. The maximum absolute atomic E-state index is 13.4. The highest BCUT2D eigenvalue weighted by molar-refractivity contribution is 7.99. The number of carbonyl (C=O) groups is 1. The van der Waals surface area contributed by atoms with Crippen LogP contribution >= 0.6 is 34.7 Å². The van der Waals surface area contributed by atoms with Crippen molar-refractivity contribution >= 4 is 40.7 Å². The van der Waals surface area contributed by atoms with Crippen LogP contribution in [-0.4, -0.2) is 41.8 Å². The number of likely N-dealkylation sites (N-methyl/N-ethyl adjacent to an activating group) is 1. The van der Waals surface area contributed by atoms with E-state index in [1.807, 2.05) is 17.5 Å². The summed E-state index contributed by atoms with van der Waals surface area (Å²) in [4.78, 5) is 21.5. The molecule has 0 fully saturated rings. The fourth-order valence-electron chi connectivity index (χ4n) is 5.08. The third-order valence-electron chi connectivity index (χ3n) is 6.94. The molecule has 0 saturated heterocycles. The molecule has 3 aromatic rings. The van der Waals surface area contributed by atoms with Crippen LogP contribution in [0.5, 0.6) is 0 Å². The molecule has 8 nitrogen and oxygen atoms in total. The van der Waals surface area contributed by atoms with E-state index in [-0.39, 0.29) is 35.1 Å². The zero-order valence-electron chi connectivity index (χ0n) is 22.4. The summed E-state index contributed by atoms with van der Waals surface area (Å²) in [6.45, 7) is 3.39. The number of ether oxygens (including phenoxy) is 2. The van der Waals surface area contributed by atoms with E-state index in [1.165, 1.54) is 11.8 Å². The molecule has 41 heavy (non-hydrogen) atoms. The molecule has 5 rings (SSSR count). The molecule has 2 N–H and O–H groups in total. The number of allylic oxidation sites excluding steroid dienone is 1. The van der Waals surface area contributed by atoms with Gasteiger partial charge in [-0.2, -0.15) is 10.5 Å². The van der Waals surface area contributed by atoms with Gasteiger partial charge in [0.15, 0.2) is 0 Å². The maximum Gasteiger partial charge on any atom is 0.338 e. The van der Waals surface area contributed by atoms with Gasteiger partial charge in [-0.05, 0) is 42.6 Å². The number of aromatic nitrogens is 1. The lowest BCUT2D eigenvalue weighted by Gasteiger charge is -2.29. The summed E-state index contributed by atoms with van der Waals surface area (Å²) in [6.07, 6.45) is 0.756. The zero-order valence-corrected chi connectivity index (χ0v) is 24.8. The highest BCUT2D eigenvalue weighted by atomic mass is 35.5. The average molecular weight is 604 g/mol. The molecule has 1 aromatic carbocycles. The molecule has 0 aliphatic carbocycles. The number of benzene rings is 1. The smallest absolute Gasteiger partial charge is 0.338 e. The van der Waals surface area contributed by atoms with Crippen molar-refractivity contribution in [3.63, 3.8) is 0 Å². The standard InChI is InChI=1S/C30H26ClN5O3S2/c1-3-38-30(37)27-23(39-28(34)18(13-32)26(27)17-7-4-5-8-21(17)31)16-41-29-19(14-33)25(24-9-6-12-40-24)20-15-36(2)11-10-22(20)35-29/h4-9,12,26H,3,10-11,15-16,34H2,1-2H3/t26-/m0/s1. The second-order valence-electron chi connectivity index (χ2n) is 9.46. The number of fused-ring (bicyclic) bond motifs is 1. The molecule has 1 atom stereocenters. The van der Waals surface area contributed by atoms with Gasteiger partial charge in [0.1, 0.15) is 28.5 Å². The van der Waals surface area contributed by atoms with Crippen molar-refractivity contribution in [1.82, 2.24) is 9.88 Å². The Hall–Kier alpha value is -3.80. The predicted octanol–water partition coefficient (Wildman–Crippen LogP) is 5.74. The van der Waals surface area contributed by atoms with Gasteiger partial charge in [-0.15, -0.1) is 11.3 Å². The Kier molecular flexibility index (Phi) is 8.67. The van der Waals surface area contributed by atoms with Crippen molar-refractivity contribution in [3.05, 3.63) is 92.0 Å². The number of thioether (sulfide) groups is 1. The molecule has 2 aliphatic heterocycles. The average Bonchev–Trinajstić information content (AvgIpc) is 3.50. The number of carbonyl (C=O) groups excluding carboxylic acids is 1. The number of hydrogen-bond donors (Lipinski definition) is 1. The minimum Gasteiger partial charge on any atom is -0.463 e. The van der Waals surface area contributed by atoms with E-state index in [0.717, 1.165) is 34.7 Å². The van der Waals surface area contributed by atoms with E-state index in [2.05, 4.69) is 24.1 Å². The number of halogens is 1. The fraction of sp³-hybridized carbons (Fsp3) is 0.267. The van der Waals surface area contributed by atoms with E-state index >= 15 is 0 Å². The SMILES string of the molecule is CCOC(=O)C1=C(CSc2nc3c(c(-c4cccs4)c2C#N)CN(C)CC3)OC(N)=C(C#N)[C@@H]1c1ccccc1Cl. The summed E-state index contributed by atoms with van der Waals surface area (Å²) in [5.41, 5.74) is 10.4. The van der Waals surface area contributed by atoms with Crippen molar-refractivity contribution in [2.45, 2.75) is 30.8 Å². The lowest BCUT2D eigenvalue weighted by molar-refractivity contribution is -0.139. The van der Waals surface area contributed by atoms with E-state index in [9.17, 15) is 15.3 Å². The summed E-state index contributed by atoms with van der Waals surface area (Å²) in [5.74, 6) is -1.26. The summed E-state index contributed by atoms with van der Waals surface area (Å²) >= 11 is 9.40. The minimum absolute atomic E-state index is 0.0728. The monoisotopic (exact) mass is 603 g/mol. The summed E-state index contributed by atoms with van der Waals surface area (Å²) in [7, 11) is 2.06. The summed E-state index contributed by atoms with van der Waals surface area (Å²) < 4.78 is 11.3. The van der Waals surface area contributed by atoms with E-state index in [1.54, 1.807) is 42.5 Å². The van der Waals surface area contributed by atoms with Crippen LogP contribution in [-0.2, 0) is 27.2 Å². The minimum atomic E-state index is -0.874. The summed E-state index contributed by atoms with van der Waals surface area (Å²) in [6, 6.07) is 15.4. The van der Waals surface area contributed by atoms with Crippen LogP contribution in [0.25, 0.3) is 10.4 Å². The van der Waals surface area contributed by atoms with Crippen LogP contribution in [0.15, 0.2) is 69.6 Å². The van der Waals surface area contributed by atoms with Crippen molar-refractivity contribution in [3.8, 4) is 22.6 Å². The zero-order chi connectivity index (χ0) is 29.1. The first-order chi connectivity index (χ1) is 19.9. The number of nitrogens with zero attached hydrogens (tertiary/aromatic N) is 4. The number of hydrogen-bond acceptors (Lipinski definition) is 10. The van der Waals surface area contributed by atoms with Crippen molar-refractivity contribution in [1.29, 1.82) is 10.5 Å². The molecule has 2 aliphatic rings. The molecule has 2 aromatic heterocycles. The number of esters is 1. The Morgan fingerprint density at radius 1 is 1.29 bits per heavy atom. The van der Waals surface area contributed by atoms with Gasteiger partial charge in [0.2, 0.25) is 5.88 Å². The van der Waals surface area contributed by atoms with E-state index in [0.29, 0.717) is 27.7 Å². The highest BCUT2D eigenvalue weighted by Crippen LogP contribution is 2.44. The van der Waals surface area contributed by atoms with Crippen LogP contribution in [0, 0.1) is 22.7 Å². The van der Waals surface area contributed by atoms with Gasteiger partial charge in [0.25, 0.3) is 0 Å². The maximum atomic E-state index is 13.4. The van der Waals surface area contributed by atoms with Crippen LogP contribution in [0.3, 0.4) is 0 Å². The third kappa shape index (κ3) is 5.57. The van der Waals surface area contributed by atoms with E-state index in [4.69, 9.17) is 31.8 Å².